The molecule has 4 aromatic rings. The van der Waals surface area contributed by atoms with Crippen LogP contribution in [0.1, 0.15) is 83.6 Å². The normalized spacial score (nSPS) is 20.9. The fraction of sp³-hybridized carbons (Fsp3) is 0.409. The molecule has 0 amide bonds. The fourth-order valence-electron chi connectivity index (χ4n) is 8.60. The number of thiocarbonyl (C=S) groups is 1. The summed E-state index contributed by atoms with van der Waals surface area (Å²) in [6.45, 7) is 13.7. The van der Waals surface area contributed by atoms with E-state index in [-0.39, 0.29) is 43.3 Å². The Morgan fingerprint density at radius 3 is 2.44 bits per heavy atom. The Hall–Kier alpha value is -5.56. The average Bonchev–Trinajstić information content (AvgIpc) is 3.92. The molecular formula is C44H53N7O9S. The number of aromatic hydroxyl groups is 1. The Morgan fingerprint density at radius 2 is 1.75 bits per heavy atom. The summed E-state index contributed by atoms with van der Waals surface area (Å²) < 4.78 is 11.5. The molecule has 0 spiro atoms. The van der Waals surface area contributed by atoms with Crippen molar-refractivity contribution in [2.45, 2.75) is 97.5 Å². The summed E-state index contributed by atoms with van der Waals surface area (Å²) in [6, 6.07) is -1.19. The number of nitrogens with zero attached hydrogens (tertiary/aromatic N) is 2. The molecule has 10 N–H and O–H groups in total. The standard InChI is InChI=1S/C44H53N7O9S/c1-8-23-19(3)26-15-28-21(5)25(11-12-33(53)59-7)36(48-28)35-37-34(22(6)29(49-37)17-31-24(9-2)20(4)27(47-31)16-30(23)46-26)41(56)51(42(35)57)14-10-13-45-44(61)50-38-40(55)39(54)32(18-52)60-43(38)58/h8,15-17,32,38-40,43,46-47,49,52,54-55,57-58H,1,9-14,18H2,2-7H3,(H2,45,50,61). The minimum absolute atomic E-state index is 0.0339. The molecule has 8 bridgehead atoms. The molecule has 17 heteroatoms. The number of fused-ring (bicyclic) bond motifs is 7. The molecule has 1 saturated heterocycles. The zero-order chi connectivity index (χ0) is 44.0. The van der Waals surface area contributed by atoms with Crippen LogP contribution in [0.2, 0.25) is 0 Å². The van der Waals surface area contributed by atoms with Crippen molar-refractivity contribution in [1.29, 1.82) is 0 Å². The molecule has 0 radical (unpaired) electrons. The number of aliphatic imine (C=N–C) groups is 1. The van der Waals surface area contributed by atoms with Gasteiger partial charge in [-0.1, -0.05) is 19.6 Å². The van der Waals surface area contributed by atoms with E-state index in [1.165, 1.54) is 11.7 Å². The average molecular weight is 856 g/mol. The van der Waals surface area contributed by atoms with Crippen LogP contribution in [0.3, 0.4) is 0 Å². The number of esters is 1. The van der Waals surface area contributed by atoms with Crippen LogP contribution in [0.15, 0.2) is 33.2 Å². The van der Waals surface area contributed by atoms with Crippen LogP contribution < -0.4 is 26.9 Å². The highest BCUT2D eigenvalue weighted by Gasteiger charge is 2.44. The topological polar surface area (TPSA) is 242 Å². The predicted octanol–water partition coefficient (Wildman–Crippen LogP) is 1.56. The Kier molecular flexibility index (Phi) is 12.4. The number of carbonyl (C=O) groups excluding carboxylic acids is 1. The number of aliphatic hydroxyl groups is 4. The molecule has 61 heavy (non-hydrogen) atoms. The molecule has 0 aromatic carbocycles. The minimum atomic E-state index is -1.57. The summed E-state index contributed by atoms with van der Waals surface area (Å²) in [6.07, 6.45) is 3.49. The Balaban J connectivity index is 1.35. The smallest absolute Gasteiger partial charge is 0.305 e. The number of aromatic amines is 3. The number of methoxy groups -OCH3 is 1. The minimum Gasteiger partial charge on any atom is -0.494 e. The van der Waals surface area contributed by atoms with E-state index < -0.39 is 48.8 Å². The number of hydrogen-bond acceptors (Lipinski definition) is 11. The second kappa shape index (κ2) is 17.4. The number of aliphatic hydroxyl groups excluding tert-OH is 4. The van der Waals surface area contributed by atoms with E-state index in [0.29, 0.717) is 44.7 Å². The molecular weight excluding hydrogens is 803 g/mol. The third-order valence-corrected chi connectivity index (χ3v) is 12.4. The first-order chi connectivity index (χ1) is 29.1. The zero-order valence-corrected chi connectivity index (χ0v) is 35.8. The molecule has 0 saturated carbocycles. The van der Waals surface area contributed by atoms with Gasteiger partial charge in [0, 0.05) is 52.9 Å². The third kappa shape index (κ3) is 7.81. The summed E-state index contributed by atoms with van der Waals surface area (Å²) in [5.74, 6) is -0.723. The number of H-pyrrole nitrogens is 3. The molecule has 3 aliphatic rings. The molecule has 7 heterocycles. The third-order valence-electron chi connectivity index (χ3n) is 12.2. The van der Waals surface area contributed by atoms with Crippen molar-refractivity contribution >= 4 is 64.2 Å². The lowest BCUT2D eigenvalue weighted by Gasteiger charge is -2.40. The van der Waals surface area contributed by atoms with E-state index in [4.69, 9.17) is 26.7 Å². The van der Waals surface area contributed by atoms with Crippen LogP contribution in [0.4, 0.5) is 0 Å². The number of hydrogen-bond donors (Lipinski definition) is 10. The van der Waals surface area contributed by atoms with Gasteiger partial charge in [-0.3, -0.25) is 14.2 Å². The summed E-state index contributed by atoms with van der Waals surface area (Å²) in [7, 11) is 1.33. The number of nitrogens with one attached hydrogen (secondary N) is 5. The summed E-state index contributed by atoms with van der Waals surface area (Å²) in [5.41, 5.74) is 9.95. The van der Waals surface area contributed by atoms with E-state index >= 15 is 0 Å². The van der Waals surface area contributed by atoms with Gasteiger partial charge in [0.1, 0.15) is 24.4 Å². The molecule has 0 aliphatic carbocycles. The van der Waals surface area contributed by atoms with Gasteiger partial charge in [0.05, 0.1) is 41.6 Å². The summed E-state index contributed by atoms with van der Waals surface area (Å²) in [4.78, 5) is 43.0. The lowest BCUT2D eigenvalue weighted by Crippen LogP contribution is -2.65. The maximum absolute atomic E-state index is 14.6. The Morgan fingerprint density at radius 1 is 1.03 bits per heavy atom. The zero-order valence-electron chi connectivity index (χ0n) is 35.0. The SMILES string of the molecule is C=Cc1c2[nH]c(c1C)C=C1N=C(C(CCC(=O)OC)=C1C)c1c(O)n(CCCNC(=S)NC3C(O)OC(CO)C(O)C3O)c(=O)c3c(C)c([nH]c13)C=c1[nH]c(c(C)c1CC)=C2. The van der Waals surface area contributed by atoms with Crippen molar-refractivity contribution in [2.75, 3.05) is 20.3 Å². The van der Waals surface area contributed by atoms with Crippen molar-refractivity contribution in [2.24, 2.45) is 4.99 Å². The van der Waals surface area contributed by atoms with Crippen LogP contribution in [-0.4, -0.2) is 113 Å². The quantitative estimate of drug-likeness (QED) is 0.0588. The largest absolute Gasteiger partial charge is 0.494 e. The Bertz CT molecular complexity index is 2730. The summed E-state index contributed by atoms with van der Waals surface area (Å²) in [5, 5.41) is 60.8. The molecule has 16 nitrogen and oxygen atoms in total. The first kappa shape index (κ1) is 43.5. The molecule has 5 atom stereocenters. The number of allylic oxidation sites excluding steroid dienone is 2. The Labute approximate surface area is 356 Å². The molecule has 324 valence electrons. The molecule has 3 aliphatic heterocycles. The van der Waals surface area contributed by atoms with Crippen LogP contribution in [0.5, 0.6) is 5.88 Å². The van der Waals surface area contributed by atoms with E-state index in [1.807, 2.05) is 39.0 Å². The maximum Gasteiger partial charge on any atom is 0.305 e. The van der Waals surface area contributed by atoms with Crippen LogP contribution in [-0.2, 0) is 27.2 Å². The van der Waals surface area contributed by atoms with Gasteiger partial charge in [0.2, 0.25) is 5.88 Å². The lowest BCUT2D eigenvalue weighted by molar-refractivity contribution is -0.252. The van der Waals surface area contributed by atoms with Gasteiger partial charge in [-0.15, -0.1) is 0 Å². The van der Waals surface area contributed by atoms with E-state index in [9.17, 15) is 35.1 Å². The van der Waals surface area contributed by atoms with Crippen molar-refractivity contribution in [3.8, 4) is 5.88 Å². The predicted molar refractivity (Wildman–Crippen MR) is 236 cm³/mol. The molecule has 4 aromatic heterocycles. The van der Waals surface area contributed by atoms with Gasteiger partial charge < -0.3 is 60.6 Å². The maximum atomic E-state index is 14.6. The van der Waals surface area contributed by atoms with Gasteiger partial charge in [0.25, 0.3) is 5.56 Å². The van der Waals surface area contributed by atoms with Gasteiger partial charge >= 0.3 is 5.97 Å². The first-order valence-electron chi connectivity index (χ1n) is 20.3. The fourth-order valence-corrected chi connectivity index (χ4v) is 8.84. The highest BCUT2D eigenvalue weighted by atomic mass is 32.1. The first-order valence-corrected chi connectivity index (χ1v) is 20.7. The number of aryl methyl sites for hydroxylation is 1. The molecule has 1 fully saturated rings. The van der Waals surface area contributed by atoms with Crippen molar-refractivity contribution in [3.63, 3.8) is 0 Å². The van der Waals surface area contributed by atoms with Crippen molar-refractivity contribution < 1.29 is 39.8 Å². The van der Waals surface area contributed by atoms with Crippen LogP contribution in [0.25, 0.3) is 35.2 Å². The van der Waals surface area contributed by atoms with E-state index in [2.05, 4.69) is 52.1 Å². The van der Waals surface area contributed by atoms with Crippen LogP contribution in [0, 0.1) is 20.8 Å². The monoisotopic (exact) mass is 855 g/mol. The number of carbonyl (C=O) groups is 1. The van der Waals surface area contributed by atoms with E-state index in [0.717, 1.165) is 56.3 Å². The molecule has 7 rings (SSSR count). The number of pyridine rings is 1. The highest BCUT2D eigenvalue weighted by Crippen LogP contribution is 2.39. The van der Waals surface area contributed by atoms with Gasteiger partial charge in [0.15, 0.2) is 11.4 Å². The summed E-state index contributed by atoms with van der Waals surface area (Å²) >= 11 is 5.40. The van der Waals surface area contributed by atoms with Gasteiger partial charge in [-0.2, -0.15) is 0 Å². The molecule has 5 unspecified atom stereocenters. The van der Waals surface area contributed by atoms with Crippen molar-refractivity contribution in [1.82, 2.24) is 30.2 Å². The number of rotatable bonds is 11. The second-order valence-electron chi connectivity index (χ2n) is 15.6. The van der Waals surface area contributed by atoms with Gasteiger partial charge in [-0.05, 0) is 111 Å². The number of aromatic nitrogens is 4. The van der Waals surface area contributed by atoms with Crippen LogP contribution >= 0.6 is 12.2 Å². The second-order valence-corrected chi connectivity index (χ2v) is 16.0. The van der Waals surface area contributed by atoms with Crippen molar-refractivity contribution in [3.05, 3.63) is 94.9 Å². The van der Waals surface area contributed by atoms with Gasteiger partial charge in [-0.25, -0.2) is 4.99 Å². The lowest BCUT2D eigenvalue weighted by atomic mass is 9.95. The highest BCUT2D eigenvalue weighted by molar-refractivity contribution is 7.80. The van der Waals surface area contributed by atoms with E-state index in [1.54, 1.807) is 0 Å². The number of ether oxygens (including phenoxy) is 2.